The van der Waals surface area contributed by atoms with Gasteiger partial charge >= 0.3 is 12.0 Å². The van der Waals surface area contributed by atoms with E-state index in [1.54, 1.807) is 0 Å². The van der Waals surface area contributed by atoms with E-state index in [1.165, 1.54) is 10.9 Å². The highest BCUT2D eigenvalue weighted by Crippen LogP contribution is 2.39. The van der Waals surface area contributed by atoms with E-state index in [1.807, 2.05) is 0 Å². The average Bonchev–Trinajstić information content (AvgIpc) is 3.27. The number of nitrogen functional groups attached to an aromatic ring is 1. The minimum absolute atomic E-state index is 0.107. The Morgan fingerprint density at radius 3 is 3.00 bits per heavy atom. The molecule has 1 aliphatic rings. The molecule has 0 radical (unpaired) electrons. The zero-order valence-corrected chi connectivity index (χ0v) is 16.2. The average molecular weight is 405 g/mol. The first kappa shape index (κ1) is 21.0. The highest BCUT2D eigenvalue weighted by Gasteiger charge is 2.51. The fraction of sp³-hybridized carbons (Fsp3) is 0.579. The van der Waals surface area contributed by atoms with Crippen LogP contribution in [0.25, 0.3) is 11.2 Å². The third-order valence-corrected chi connectivity index (χ3v) is 5.00. The van der Waals surface area contributed by atoms with Crippen LogP contribution in [0, 0.1) is 18.4 Å². The minimum Gasteiger partial charge on any atom is -0.458 e. The molecule has 0 bridgehead atoms. The van der Waals surface area contributed by atoms with Crippen LogP contribution in [0.4, 0.5) is 10.2 Å². The number of aromatic nitrogens is 4. The number of nitrogens with two attached hydrogens (primary N) is 1. The molecule has 156 valence electrons. The number of unbranched alkanes of at least 4 members (excludes halogenated alkanes) is 3. The van der Waals surface area contributed by atoms with Gasteiger partial charge in [0.2, 0.25) is 0 Å². The van der Waals surface area contributed by atoms with Crippen LogP contribution in [0.1, 0.15) is 51.7 Å². The van der Waals surface area contributed by atoms with Gasteiger partial charge in [0.15, 0.2) is 22.6 Å². The van der Waals surface area contributed by atoms with Gasteiger partial charge < -0.3 is 20.3 Å². The summed E-state index contributed by atoms with van der Waals surface area (Å²) >= 11 is 0. The number of nitrogens with zero attached hydrogens (tertiary/aromatic N) is 4. The Balaban J connectivity index is 1.80. The number of esters is 1. The number of halogens is 1. The number of hydrogen-bond acceptors (Lipinski definition) is 8. The van der Waals surface area contributed by atoms with E-state index in [9.17, 15) is 14.3 Å². The number of anilines is 1. The largest absolute Gasteiger partial charge is 0.458 e. The molecule has 3 heterocycles. The van der Waals surface area contributed by atoms with Crippen LogP contribution in [0.3, 0.4) is 0 Å². The van der Waals surface area contributed by atoms with Crippen molar-refractivity contribution in [2.75, 3.05) is 12.3 Å². The van der Waals surface area contributed by atoms with E-state index in [0.717, 1.165) is 19.3 Å². The first-order valence-electron chi connectivity index (χ1n) is 9.55. The van der Waals surface area contributed by atoms with Crippen molar-refractivity contribution in [2.24, 2.45) is 0 Å². The molecule has 2 unspecified atom stereocenters. The third-order valence-electron chi connectivity index (χ3n) is 5.00. The fourth-order valence-corrected chi connectivity index (χ4v) is 3.40. The van der Waals surface area contributed by atoms with E-state index in [0.29, 0.717) is 6.42 Å². The van der Waals surface area contributed by atoms with Gasteiger partial charge in [-0.1, -0.05) is 32.1 Å². The molecule has 1 saturated heterocycles. The topological polar surface area (TPSA) is 125 Å². The lowest BCUT2D eigenvalue weighted by Gasteiger charge is -2.26. The molecule has 3 N–H and O–H groups in total. The second-order valence-electron chi connectivity index (χ2n) is 6.99. The summed E-state index contributed by atoms with van der Waals surface area (Å²) < 4.78 is 26.5. The molecule has 0 aromatic carbocycles. The molecule has 0 spiro atoms. The highest BCUT2D eigenvalue weighted by molar-refractivity contribution is 5.81. The summed E-state index contributed by atoms with van der Waals surface area (Å²) in [6.07, 6.45) is 8.47. The standard InChI is InChI=1S/C19H24FN5O4/c1-3-5-6-7-8-14(27)28-12-9-13(29-19(12,4-2)10-26)25-11-22-15-16(21)23-18(20)24-17(15)25/h2,11-13,26H,3,5-10H2,1H3,(H2,21,23,24)/t12?,13?,19-/m1/s1. The number of hydrogen-bond donors (Lipinski definition) is 2. The number of imidazole rings is 1. The van der Waals surface area contributed by atoms with Crippen LogP contribution in [0.15, 0.2) is 6.33 Å². The van der Waals surface area contributed by atoms with Gasteiger partial charge in [-0.15, -0.1) is 6.42 Å². The number of ether oxygens (including phenoxy) is 2. The fourth-order valence-electron chi connectivity index (χ4n) is 3.40. The number of aliphatic hydroxyl groups is 1. The lowest BCUT2D eigenvalue weighted by atomic mass is 9.98. The van der Waals surface area contributed by atoms with Crippen LogP contribution >= 0.6 is 0 Å². The summed E-state index contributed by atoms with van der Waals surface area (Å²) in [5.74, 6) is 1.89. The molecule has 0 saturated carbocycles. The Morgan fingerprint density at radius 1 is 1.52 bits per heavy atom. The highest BCUT2D eigenvalue weighted by atomic mass is 19.1. The number of aliphatic hydroxyl groups excluding tert-OH is 1. The first-order chi connectivity index (χ1) is 13.9. The smallest absolute Gasteiger partial charge is 0.312 e. The van der Waals surface area contributed by atoms with Crippen molar-refractivity contribution < 1.29 is 23.8 Å². The van der Waals surface area contributed by atoms with Gasteiger partial charge in [-0.25, -0.2) is 4.98 Å². The Bertz CT molecular complexity index is 927. The molecule has 1 fully saturated rings. The predicted molar refractivity (Wildman–Crippen MR) is 102 cm³/mol. The van der Waals surface area contributed by atoms with E-state index < -0.39 is 36.6 Å². The number of rotatable bonds is 8. The molecule has 29 heavy (non-hydrogen) atoms. The number of terminal acetylenes is 1. The van der Waals surface area contributed by atoms with Gasteiger partial charge in [-0.05, 0) is 6.42 Å². The van der Waals surface area contributed by atoms with Crippen molar-refractivity contribution in [2.45, 2.75) is 63.4 Å². The van der Waals surface area contributed by atoms with Crippen molar-refractivity contribution >= 4 is 23.0 Å². The number of fused-ring (bicyclic) bond motifs is 1. The van der Waals surface area contributed by atoms with E-state index in [2.05, 4.69) is 27.8 Å². The lowest BCUT2D eigenvalue weighted by Crippen LogP contribution is -2.44. The summed E-state index contributed by atoms with van der Waals surface area (Å²) in [5.41, 5.74) is 4.50. The maximum absolute atomic E-state index is 13.6. The summed E-state index contributed by atoms with van der Waals surface area (Å²) in [7, 11) is 0. The quantitative estimate of drug-likeness (QED) is 0.294. The van der Waals surface area contributed by atoms with Crippen LogP contribution in [0.2, 0.25) is 0 Å². The monoisotopic (exact) mass is 405 g/mol. The molecule has 3 rings (SSSR count). The molecular weight excluding hydrogens is 381 g/mol. The minimum atomic E-state index is -1.52. The summed E-state index contributed by atoms with van der Waals surface area (Å²) in [5, 5.41) is 9.87. The number of carbonyl (C=O) groups is 1. The summed E-state index contributed by atoms with van der Waals surface area (Å²) in [4.78, 5) is 23.5. The Hall–Kier alpha value is -2.77. The van der Waals surface area contributed by atoms with Gasteiger partial charge in [-0.3, -0.25) is 9.36 Å². The van der Waals surface area contributed by atoms with Crippen LogP contribution in [-0.4, -0.2) is 48.9 Å². The van der Waals surface area contributed by atoms with Crippen molar-refractivity contribution in [1.29, 1.82) is 0 Å². The van der Waals surface area contributed by atoms with Gasteiger partial charge in [0.05, 0.1) is 12.9 Å². The Morgan fingerprint density at radius 2 is 2.31 bits per heavy atom. The molecule has 2 aromatic rings. The van der Waals surface area contributed by atoms with Crippen molar-refractivity contribution in [3.8, 4) is 12.3 Å². The molecule has 9 nitrogen and oxygen atoms in total. The SMILES string of the molecule is C#C[C@]1(CO)OC(n2cnc3c(N)nc(F)nc32)CC1OC(=O)CCCCCC. The zero-order valence-electron chi connectivity index (χ0n) is 16.2. The van der Waals surface area contributed by atoms with Crippen molar-refractivity contribution in [3.05, 3.63) is 12.4 Å². The predicted octanol–water partition coefficient (Wildman–Crippen LogP) is 1.71. The van der Waals surface area contributed by atoms with E-state index in [4.69, 9.17) is 21.6 Å². The Labute approximate surface area is 167 Å². The van der Waals surface area contributed by atoms with Crippen LogP contribution < -0.4 is 5.73 Å². The van der Waals surface area contributed by atoms with Gasteiger partial charge in [-0.2, -0.15) is 14.4 Å². The second-order valence-corrected chi connectivity index (χ2v) is 6.99. The van der Waals surface area contributed by atoms with Gasteiger partial charge in [0.25, 0.3) is 0 Å². The third kappa shape index (κ3) is 4.16. The van der Waals surface area contributed by atoms with E-state index in [-0.39, 0.29) is 29.8 Å². The first-order valence-corrected chi connectivity index (χ1v) is 9.55. The van der Waals surface area contributed by atoms with Crippen molar-refractivity contribution in [1.82, 2.24) is 19.5 Å². The molecule has 10 heteroatoms. The maximum atomic E-state index is 13.6. The van der Waals surface area contributed by atoms with Crippen molar-refractivity contribution in [3.63, 3.8) is 0 Å². The molecule has 2 aromatic heterocycles. The molecule has 1 aliphatic heterocycles. The molecule has 3 atom stereocenters. The van der Waals surface area contributed by atoms with Gasteiger partial charge in [0.1, 0.15) is 12.3 Å². The van der Waals surface area contributed by atoms with Crippen LogP contribution in [0.5, 0.6) is 0 Å². The van der Waals surface area contributed by atoms with Crippen LogP contribution in [-0.2, 0) is 14.3 Å². The van der Waals surface area contributed by atoms with E-state index >= 15 is 0 Å². The maximum Gasteiger partial charge on any atom is 0.312 e. The molecule has 0 aliphatic carbocycles. The molecular formula is C19H24FN5O4. The summed E-state index contributed by atoms with van der Waals surface area (Å²) in [6, 6.07) is 0. The summed E-state index contributed by atoms with van der Waals surface area (Å²) in [6.45, 7) is 1.53. The number of carbonyl (C=O) groups excluding carboxylic acids is 1. The normalized spacial score (nSPS) is 23.9. The lowest BCUT2D eigenvalue weighted by molar-refractivity contribution is -0.158. The van der Waals surface area contributed by atoms with Gasteiger partial charge in [0, 0.05) is 12.8 Å². The molecule has 0 amide bonds. The Kier molecular flexibility index (Phi) is 6.30. The zero-order chi connectivity index (χ0) is 21.0. The second kappa shape index (κ2) is 8.71.